The minimum Gasteiger partial charge on any atom is -0.390 e. The topological polar surface area (TPSA) is 72.8 Å². The molecule has 150 valence electrons. The van der Waals surface area contributed by atoms with Crippen LogP contribution in [-0.4, -0.2) is 44.2 Å². The van der Waals surface area contributed by atoms with Crippen LogP contribution in [0.25, 0.3) is 0 Å². The Hall–Kier alpha value is -1.99. The van der Waals surface area contributed by atoms with E-state index >= 15 is 0 Å². The molecule has 6 heteroatoms. The van der Waals surface area contributed by atoms with E-state index in [-0.39, 0.29) is 17.3 Å². The van der Waals surface area contributed by atoms with Gasteiger partial charge in [-0.05, 0) is 24.1 Å². The lowest BCUT2D eigenvalue weighted by molar-refractivity contribution is -0.0474. The van der Waals surface area contributed by atoms with Gasteiger partial charge in [0.15, 0.2) is 9.84 Å². The van der Waals surface area contributed by atoms with Crippen molar-refractivity contribution in [1.82, 2.24) is 0 Å². The largest absolute Gasteiger partial charge is 0.390 e. The Morgan fingerprint density at radius 2 is 1.68 bits per heavy atom. The molecule has 0 radical (unpaired) electrons. The average molecular weight is 403 g/mol. The average Bonchev–Trinajstić information content (AvgIpc) is 2.98. The van der Waals surface area contributed by atoms with E-state index in [1.807, 2.05) is 30.3 Å². The van der Waals surface area contributed by atoms with Gasteiger partial charge < -0.3 is 14.6 Å². The summed E-state index contributed by atoms with van der Waals surface area (Å²) in [4.78, 5) is 0.253. The third kappa shape index (κ3) is 5.08. The van der Waals surface area contributed by atoms with E-state index in [9.17, 15) is 13.5 Å². The highest BCUT2D eigenvalue weighted by Crippen LogP contribution is 2.32. The van der Waals surface area contributed by atoms with Crippen LogP contribution in [0.5, 0.6) is 0 Å². The molecule has 4 atom stereocenters. The van der Waals surface area contributed by atoms with Gasteiger partial charge in [0.1, 0.15) is 6.10 Å². The maximum absolute atomic E-state index is 12.8. The molecule has 2 aromatic carbocycles. The first kappa shape index (κ1) is 20.7. The molecule has 3 rings (SSSR count). The number of rotatable bonds is 9. The summed E-state index contributed by atoms with van der Waals surface area (Å²) in [6.07, 6.45) is 0.272. The number of benzene rings is 2. The maximum Gasteiger partial charge on any atom is 0.178 e. The van der Waals surface area contributed by atoms with Crippen LogP contribution >= 0.6 is 0 Å². The van der Waals surface area contributed by atoms with E-state index in [1.54, 1.807) is 36.4 Å². The summed E-state index contributed by atoms with van der Waals surface area (Å²) in [7, 11) is -3.53. The van der Waals surface area contributed by atoms with Gasteiger partial charge >= 0.3 is 0 Å². The number of ether oxygens (including phenoxy) is 2. The fraction of sp³-hybridized carbons (Fsp3) is 0.364. The summed E-state index contributed by atoms with van der Waals surface area (Å²) in [6.45, 7) is 4.33. The first-order chi connectivity index (χ1) is 13.5. The Balaban J connectivity index is 1.65. The molecule has 1 heterocycles. The van der Waals surface area contributed by atoms with Crippen LogP contribution < -0.4 is 0 Å². The van der Waals surface area contributed by atoms with Crippen molar-refractivity contribution in [3.05, 3.63) is 78.9 Å². The predicted octanol–water partition coefficient (Wildman–Crippen LogP) is 3.00. The molecule has 1 aliphatic rings. The van der Waals surface area contributed by atoms with Crippen molar-refractivity contribution < 1.29 is 23.0 Å². The molecule has 1 fully saturated rings. The highest BCUT2D eigenvalue weighted by molar-refractivity contribution is 7.91. The van der Waals surface area contributed by atoms with Crippen molar-refractivity contribution >= 4 is 9.84 Å². The van der Waals surface area contributed by atoms with Crippen LogP contribution in [0, 0.1) is 5.92 Å². The SMILES string of the molecule is C=CC[C@@H]1O[C@H](COCc2ccccc2)[C@H](O)[C@H]1CS(=O)(=O)c1ccccc1. The molecule has 0 bridgehead atoms. The maximum atomic E-state index is 12.8. The van der Waals surface area contributed by atoms with E-state index in [0.29, 0.717) is 13.0 Å². The molecule has 28 heavy (non-hydrogen) atoms. The van der Waals surface area contributed by atoms with Gasteiger partial charge in [-0.15, -0.1) is 6.58 Å². The highest BCUT2D eigenvalue weighted by atomic mass is 32.2. The zero-order chi connectivity index (χ0) is 20.0. The Labute approximate surface area is 166 Å². The van der Waals surface area contributed by atoms with Gasteiger partial charge in [-0.25, -0.2) is 8.42 Å². The van der Waals surface area contributed by atoms with E-state index in [2.05, 4.69) is 6.58 Å². The number of aliphatic hydroxyl groups excluding tert-OH is 1. The van der Waals surface area contributed by atoms with Crippen molar-refractivity contribution in [3.8, 4) is 0 Å². The quantitative estimate of drug-likeness (QED) is 0.653. The zero-order valence-corrected chi connectivity index (χ0v) is 16.5. The molecule has 0 saturated carbocycles. The van der Waals surface area contributed by atoms with Crippen LogP contribution in [-0.2, 0) is 25.9 Å². The third-order valence-electron chi connectivity index (χ3n) is 4.95. The van der Waals surface area contributed by atoms with E-state index in [1.165, 1.54) is 0 Å². The second kappa shape index (κ2) is 9.47. The smallest absolute Gasteiger partial charge is 0.178 e. The molecule has 0 aliphatic carbocycles. The highest BCUT2D eigenvalue weighted by Gasteiger charge is 2.45. The van der Waals surface area contributed by atoms with Gasteiger partial charge in [0.2, 0.25) is 0 Å². The summed E-state index contributed by atoms with van der Waals surface area (Å²) >= 11 is 0. The molecule has 1 saturated heterocycles. The Bertz CT molecular complexity index is 851. The molecular formula is C22H26O5S. The normalized spacial score (nSPS) is 24.9. The van der Waals surface area contributed by atoms with Crippen molar-refractivity contribution in [1.29, 1.82) is 0 Å². The van der Waals surface area contributed by atoms with Gasteiger partial charge in [0.25, 0.3) is 0 Å². The van der Waals surface area contributed by atoms with E-state index < -0.39 is 34.1 Å². The van der Waals surface area contributed by atoms with Crippen LogP contribution in [0.1, 0.15) is 12.0 Å². The zero-order valence-electron chi connectivity index (χ0n) is 15.7. The molecule has 5 nitrogen and oxygen atoms in total. The molecule has 0 unspecified atom stereocenters. The van der Waals surface area contributed by atoms with Crippen molar-refractivity contribution in [3.63, 3.8) is 0 Å². The predicted molar refractivity (Wildman–Crippen MR) is 108 cm³/mol. The molecule has 0 spiro atoms. The summed E-state index contributed by atoms with van der Waals surface area (Å²) in [5, 5.41) is 10.7. The molecule has 1 N–H and O–H groups in total. The van der Waals surface area contributed by atoms with Gasteiger partial charge in [-0.3, -0.25) is 0 Å². The van der Waals surface area contributed by atoms with Gasteiger partial charge in [0, 0.05) is 5.92 Å². The fourth-order valence-electron chi connectivity index (χ4n) is 3.48. The van der Waals surface area contributed by atoms with Crippen LogP contribution in [0.15, 0.2) is 78.2 Å². The molecule has 0 amide bonds. The lowest BCUT2D eigenvalue weighted by atomic mass is 9.96. The summed E-state index contributed by atoms with van der Waals surface area (Å²) in [5.74, 6) is -0.708. The summed E-state index contributed by atoms with van der Waals surface area (Å²) in [5.41, 5.74) is 1.03. The number of aliphatic hydroxyl groups is 1. The van der Waals surface area contributed by atoms with E-state index in [0.717, 1.165) is 5.56 Å². The third-order valence-corrected chi connectivity index (χ3v) is 6.77. The monoisotopic (exact) mass is 402 g/mol. The number of hydrogen-bond acceptors (Lipinski definition) is 5. The second-order valence-electron chi connectivity index (χ2n) is 6.99. The van der Waals surface area contributed by atoms with Crippen LogP contribution in [0.2, 0.25) is 0 Å². The second-order valence-corrected chi connectivity index (χ2v) is 9.02. The first-order valence-electron chi connectivity index (χ1n) is 9.35. The van der Waals surface area contributed by atoms with Crippen molar-refractivity contribution in [2.45, 2.75) is 36.2 Å². The Morgan fingerprint density at radius 1 is 1.04 bits per heavy atom. The van der Waals surface area contributed by atoms with Crippen LogP contribution in [0.3, 0.4) is 0 Å². The summed E-state index contributed by atoms with van der Waals surface area (Å²) < 4.78 is 37.2. The minimum absolute atomic E-state index is 0.175. The lowest BCUT2D eigenvalue weighted by Gasteiger charge is -2.19. The van der Waals surface area contributed by atoms with Crippen molar-refractivity contribution in [2.75, 3.05) is 12.4 Å². The fourth-order valence-corrected chi connectivity index (χ4v) is 5.17. The standard InChI is InChI=1S/C22H26O5S/c1-2-9-20-19(16-28(24,25)18-12-7-4-8-13-18)22(23)21(27-20)15-26-14-17-10-5-3-6-11-17/h2-8,10-13,19-23H,1,9,14-16H2/t19-,20-,21+,22+/m0/s1. The van der Waals surface area contributed by atoms with Gasteiger partial charge in [-0.1, -0.05) is 54.6 Å². The number of sulfone groups is 1. The summed E-state index contributed by atoms with van der Waals surface area (Å²) in [6, 6.07) is 18.0. The van der Waals surface area contributed by atoms with Gasteiger partial charge in [0.05, 0.1) is 36.1 Å². The van der Waals surface area contributed by atoms with E-state index in [4.69, 9.17) is 9.47 Å². The molecule has 1 aliphatic heterocycles. The van der Waals surface area contributed by atoms with Crippen molar-refractivity contribution in [2.24, 2.45) is 5.92 Å². The van der Waals surface area contributed by atoms with Gasteiger partial charge in [-0.2, -0.15) is 0 Å². The molecular weight excluding hydrogens is 376 g/mol. The number of hydrogen-bond donors (Lipinski definition) is 1. The Kier molecular flexibility index (Phi) is 7.02. The first-order valence-corrected chi connectivity index (χ1v) is 11.0. The molecule has 0 aromatic heterocycles. The molecule has 2 aromatic rings. The van der Waals surface area contributed by atoms with Crippen LogP contribution in [0.4, 0.5) is 0 Å². The lowest BCUT2D eigenvalue weighted by Crippen LogP contribution is -2.34. The minimum atomic E-state index is -3.53. The Morgan fingerprint density at radius 3 is 2.32 bits per heavy atom.